The highest BCUT2D eigenvalue weighted by atomic mass is 32.2. The second-order valence-corrected chi connectivity index (χ2v) is 6.74. The number of rotatable bonds is 6. The van der Waals surface area contributed by atoms with Crippen LogP contribution in [0.3, 0.4) is 0 Å². The maximum Gasteiger partial charge on any atom is 0.225 e. The molecule has 24 heavy (non-hydrogen) atoms. The fourth-order valence-electron chi connectivity index (χ4n) is 2.75. The van der Waals surface area contributed by atoms with Gasteiger partial charge in [0.2, 0.25) is 11.1 Å². The third kappa shape index (κ3) is 4.11. The average molecular weight is 342 g/mol. The van der Waals surface area contributed by atoms with E-state index in [0.717, 1.165) is 18.0 Å². The van der Waals surface area contributed by atoms with Gasteiger partial charge < -0.3 is 5.32 Å². The predicted molar refractivity (Wildman–Crippen MR) is 90.4 cm³/mol. The number of aromatic nitrogens is 4. The number of nitriles is 1. The van der Waals surface area contributed by atoms with Gasteiger partial charge in [0, 0.05) is 17.9 Å². The molecule has 0 unspecified atom stereocenters. The Labute approximate surface area is 144 Å². The molecule has 0 spiro atoms. The highest BCUT2D eigenvalue weighted by Gasteiger charge is 2.21. The van der Waals surface area contributed by atoms with Crippen LogP contribution < -0.4 is 5.32 Å². The van der Waals surface area contributed by atoms with Gasteiger partial charge in [-0.2, -0.15) is 5.26 Å². The number of thioether (sulfide) groups is 1. The minimum Gasteiger partial charge on any atom is -0.326 e. The molecule has 1 aliphatic rings. The van der Waals surface area contributed by atoms with Gasteiger partial charge in [-0.1, -0.05) is 24.6 Å². The molecule has 1 amide bonds. The van der Waals surface area contributed by atoms with Crippen LogP contribution in [0, 0.1) is 11.3 Å². The maximum absolute atomic E-state index is 12.0. The molecule has 7 nitrogen and oxygen atoms in total. The van der Waals surface area contributed by atoms with E-state index in [2.05, 4.69) is 20.8 Å². The lowest BCUT2D eigenvalue weighted by molar-refractivity contribution is -0.115. The fraction of sp³-hybridized carbons (Fsp3) is 0.438. The molecule has 0 bridgehead atoms. The summed E-state index contributed by atoms with van der Waals surface area (Å²) in [7, 11) is 0. The van der Waals surface area contributed by atoms with Crippen LogP contribution in [0.2, 0.25) is 0 Å². The third-order valence-electron chi connectivity index (χ3n) is 3.99. The largest absolute Gasteiger partial charge is 0.326 e. The molecule has 1 aliphatic carbocycles. The summed E-state index contributed by atoms with van der Waals surface area (Å²) in [6.07, 6.45) is 5.07. The summed E-state index contributed by atoms with van der Waals surface area (Å²) >= 11 is 1.51. The minimum absolute atomic E-state index is 0.0629. The maximum atomic E-state index is 12.0. The van der Waals surface area contributed by atoms with Crippen LogP contribution in [0.5, 0.6) is 0 Å². The number of hydrogen-bond donors (Lipinski definition) is 1. The molecule has 1 aromatic carbocycles. The number of benzene rings is 1. The van der Waals surface area contributed by atoms with Crippen molar-refractivity contribution in [2.45, 2.75) is 43.3 Å². The normalized spacial score (nSPS) is 14.5. The van der Waals surface area contributed by atoms with Crippen molar-refractivity contribution >= 4 is 23.4 Å². The molecule has 1 aromatic heterocycles. The first-order valence-corrected chi connectivity index (χ1v) is 8.95. The molecule has 2 aromatic rings. The summed E-state index contributed by atoms with van der Waals surface area (Å²) in [6.45, 7) is 0. The number of nitrogens with one attached hydrogen (secondary N) is 1. The molecule has 1 fully saturated rings. The molecule has 3 rings (SSSR count). The first-order valence-electron chi connectivity index (χ1n) is 7.97. The number of carbonyl (C=O) groups is 1. The summed E-state index contributed by atoms with van der Waals surface area (Å²) in [6, 6.07) is 9.26. The zero-order valence-electron chi connectivity index (χ0n) is 13.2. The molecule has 1 N–H and O–H groups in total. The van der Waals surface area contributed by atoms with Crippen LogP contribution in [0.25, 0.3) is 0 Å². The number of tetrazole rings is 1. The molecule has 0 aliphatic heterocycles. The lowest BCUT2D eigenvalue weighted by Crippen LogP contribution is -2.13. The van der Waals surface area contributed by atoms with Crippen molar-refractivity contribution in [3.05, 3.63) is 29.8 Å². The summed E-state index contributed by atoms with van der Waals surface area (Å²) in [4.78, 5) is 12.0. The van der Waals surface area contributed by atoms with Crippen LogP contribution in [0.4, 0.5) is 5.69 Å². The van der Waals surface area contributed by atoms with E-state index in [4.69, 9.17) is 5.26 Å². The Balaban J connectivity index is 1.47. The van der Waals surface area contributed by atoms with Crippen molar-refractivity contribution in [3.8, 4) is 6.07 Å². The van der Waals surface area contributed by atoms with Gasteiger partial charge in [0.25, 0.3) is 0 Å². The van der Waals surface area contributed by atoms with Crippen molar-refractivity contribution in [2.24, 2.45) is 0 Å². The van der Waals surface area contributed by atoms with Gasteiger partial charge in [-0.15, -0.1) is 5.10 Å². The molecule has 0 saturated heterocycles. The van der Waals surface area contributed by atoms with E-state index in [-0.39, 0.29) is 5.91 Å². The Morgan fingerprint density at radius 1 is 1.33 bits per heavy atom. The molecule has 1 saturated carbocycles. The summed E-state index contributed by atoms with van der Waals surface area (Å²) < 4.78 is 1.90. The lowest BCUT2D eigenvalue weighted by atomic mass is 10.2. The summed E-state index contributed by atoms with van der Waals surface area (Å²) in [5, 5.41) is 24.3. The second-order valence-electron chi connectivity index (χ2n) is 5.68. The quantitative estimate of drug-likeness (QED) is 0.811. The van der Waals surface area contributed by atoms with E-state index in [0.29, 0.717) is 29.5 Å². The molecular formula is C16H18N6OS. The third-order valence-corrected chi connectivity index (χ3v) is 4.93. The van der Waals surface area contributed by atoms with Crippen LogP contribution in [0.15, 0.2) is 29.4 Å². The van der Waals surface area contributed by atoms with Crippen LogP contribution in [-0.2, 0) is 4.79 Å². The van der Waals surface area contributed by atoms with Crippen molar-refractivity contribution in [2.75, 3.05) is 11.1 Å². The van der Waals surface area contributed by atoms with E-state index < -0.39 is 0 Å². The van der Waals surface area contributed by atoms with Gasteiger partial charge in [-0.05, 0) is 47.5 Å². The number of amides is 1. The highest BCUT2D eigenvalue weighted by molar-refractivity contribution is 7.99. The minimum atomic E-state index is -0.0629. The topological polar surface area (TPSA) is 96.5 Å². The Kier molecular flexibility index (Phi) is 5.43. The number of anilines is 1. The Morgan fingerprint density at radius 3 is 2.79 bits per heavy atom. The molecule has 1 heterocycles. The monoisotopic (exact) mass is 342 g/mol. The molecular weight excluding hydrogens is 324 g/mol. The van der Waals surface area contributed by atoms with Crippen LogP contribution in [0.1, 0.15) is 43.7 Å². The van der Waals surface area contributed by atoms with Crippen LogP contribution in [-0.4, -0.2) is 31.9 Å². The van der Waals surface area contributed by atoms with Gasteiger partial charge in [0.15, 0.2) is 0 Å². The average Bonchev–Trinajstić information content (AvgIpc) is 3.26. The first kappa shape index (κ1) is 16.5. The van der Waals surface area contributed by atoms with E-state index in [9.17, 15) is 4.79 Å². The van der Waals surface area contributed by atoms with Crippen molar-refractivity contribution in [1.29, 1.82) is 5.26 Å². The Hall–Kier alpha value is -2.40. The van der Waals surface area contributed by atoms with Gasteiger partial charge in [0.1, 0.15) is 0 Å². The molecule has 0 atom stereocenters. The zero-order valence-corrected chi connectivity index (χ0v) is 14.0. The molecule has 0 radical (unpaired) electrons. The molecule has 124 valence electrons. The smallest absolute Gasteiger partial charge is 0.225 e. The van der Waals surface area contributed by atoms with Crippen molar-refractivity contribution in [1.82, 2.24) is 20.2 Å². The van der Waals surface area contributed by atoms with Crippen molar-refractivity contribution < 1.29 is 4.79 Å². The van der Waals surface area contributed by atoms with Crippen molar-refractivity contribution in [3.63, 3.8) is 0 Å². The van der Waals surface area contributed by atoms with Gasteiger partial charge in [-0.3, -0.25) is 4.79 Å². The standard InChI is InChI=1S/C16H18N6OS/c17-11-12-5-7-13(8-6-12)18-15(23)9-10-24-16-19-20-21-22(16)14-3-1-2-4-14/h5-8,14H,1-4,9-10H2,(H,18,23). The Morgan fingerprint density at radius 2 is 2.08 bits per heavy atom. The number of nitrogens with zero attached hydrogens (tertiary/aromatic N) is 5. The second kappa shape index (κ2) is 7.93. The zero-order chi connectivity index (χ0) is 16.8. The van der Waals surface area contributed by atoms with Crippen LogP contribution >= 0.6 is 11.8 Å². The lowest BCUT2D eigenvalue weighted by Gasteiger charge is -2.10. The van der Waals surface area contributed by atoms with Gasteiger partial charge >= 0.3 is 0 Å². The summed E-state index contributed by atoms with van der Waals surface area (Å²) in [5.74, 6) is 0.557. The SMILES string of the molecule is N#Cc1ccc(NC(=O)CCSc2nnnn2C2CCCC2)cc1. The van der Waals surface area contributed by atoms with E-state index in [1.807, 2.05) is 10.8 Å². The van der Waals surface area contributed by atoms with Gasteiger partial charge in [0.05, 0.1) is 17.7 Å². The highest BCUT2D eigenvalue weighted by Crippen LogP contribution is 2.31. The van der Waals surface area contributed by atoms with E-state index >= 15 is 0 Å². The molecule has 8 heteroatoms. The van der Waals surface area contributed by atoms with E-state index in [1.165, 1.54) is 24.6 Å². The van der Waals surface area contributed by atoms with E-state index in [1.54, 1.807) is 24.3 Å². The number of carbonyl (C=O) groups excluding carboxylic acids is 1. The summed E-state index contributed by atoms with van der Waals surface area (Å²) in [5.41, 5.74) is 1.27. The van der Waals surface area contributed by atoms with Gasteiger partial charge in [-0.25, -0.2) is 4.68 Å². The Bertz CT molecular complexity index is 730. The predicted octanol–water partition coefficient (Wildman–Crippen LogP) is 2.78. The first-order chi connectivity index (χ1) is 11.8. The number of hydrogen-bond acceptors (Lipinski definition) is 6. The fourth-order valence-corrected chi connectivity index (χ4v) is 3.63.